The van der Waals surface area contributed by atoms with Gasteiger partial charge in [0.05, 0.1) is 23.8 Å². The summed E-state index contributed by atoms with van der Waals surface area (Å²) in [4.78, 5) is 35.0. The van der Waals surface area contributed by atoms with Crippen LogP contribution in [0.1, 0.15) is 16.8 Å². The van der Waals surface area contributed by atoms with Crippen LogP contribution in [0.4, 0.5) is 17.1 Å². The van der Waals surface area contributed by atoms with Crippen molar-refractivity contribution < 1.29 is 19.5 Å². The van der Waals surface area contributed by atoms with Gasteiger partial charge in [0.1, 0.15) is 6.04 Å². The standard InChI is InChI=1S/C17H15N3O4/c21-15(18-11-5-3-4-10(8-11)17(23)24)9-14-16(22)20-13-7-2-1-6-12(13)19-14/h1-8,14,19H,9H2,(H,18,21)(H,20,22)(H,23,24)/p-1/t14-/m1/s1. The number of carboxylic acids is 1. The number of amides is 2. The summed E-state index contributed by atoms with van der Waals surface area (Å²) in [6, 6.07) is 12.2. The van der Waals surface area contributed by atoms with Gasteiger partial charge in [-0.15, -0.1) is 0 Å². The van der Waals surface area contributed by atoms with Crippen molar-refractivity contribution in [2.24, 2.45) is 0 Å². The molecule has 0 saturated carbocycles. The molecule has 0 aliphatic carbocycles. The highest BCUT2D eigenvalue weighted by Gasteiger charge is 2.27. The van der Waals surface area contributed by atoms with Crippen LogP contribution in [0.15, 0.2) is 48.5 Å². The van der Waals surface area contributed by atoms with Crippen LogP contribution in [-0.4, -0.2) is 23.8 Å². The average Bonchev–Trinajstić information content (AvgIpc) is 2.55. The van der Waals surface area contributed by atoms with Crippen LogP contribution in [0.3, 0.4) is 0 Å². The second kappa shape index (κ2) is 6.41. The number of rotatable bonds is 4. The second-order valence-electron chi connectivity index (χ2n) is 5.35. The van der Waals surface area contributed by atoms with E-state index in [9.17, 15) is 19.5 Å². The zero-order chi connectivity index (χ0) is 17.1. The largest absolute Gasteiger partial charge is 0.545 e. The first-order valence-electron chi connectivity index (χ1n) is 7.30. The van der Waals surface area contributed by atoms with Crippen LogP contribution in [0, 0.1) is 0 Å². The SMILES string of the molecule is O=C(C[C@H]1Nc2ccccc2NC1=O)Nc1cccc(C(=O)[O-])c1. The van der Waals surface area contributed by atoms with Gasteiger partial charge in [-0.25, -0.2) is 0 Å². The number of aromatic carboxylic acids is 1. The van der Waals surface area contributed by atoms with Gasteiger partial charge >= 0.3 is 0 Å². The average molecular weight is 324 g/mol. The molecule has 1 aliphatic rings. The van der Waals surface area contributed by atoms with Crippen molar-refractivity contribution in [3.8, 4) is 0 Å². The lowest BCUT2D eigenvalue weighted by atomic mass is 10.1. The van der Waals surface area contributed by atoms with E-state index in [-0.39, 0.29) is 17.9 Å². The van der Waals surface area contributed by atoms with Crippen molar-refractivity contribution in [1.29, 1.82) is 0 Å². The Kier molecular flexibility index (Phi) is 4.15. The predicted octanol–water partition coefficient (Wildman–Crippen LogP) is 0.811. The molecule has 0 fully saturated rings. The number of hydrogen-bond donors (Lipinski definition) is 3. The number of carboxylic acid groups (broad SMARTS) is 1. The van der Waals surface area contributed by atoms with Crippen molar-refractivity contribution in [2.75, 3.05) is 16.0 Å². The van der Waals surface area contributed by atoms with Crippen LogP contribution in [0.5, 0.6) is 0 Å². The summed E-state index contributed by atoms with van der Waals surface area (Å²) >= 11 is 0. The monoisotopic (exact) mass is 324 g/mol. The molecule has 1 heterocycles. The Morgan fingerprint density at radius 2 is 1.83 bits per heavy atom. The fourth-order valence-electron chi connectivity index (χ4n) is 2.46. The van der Waals surface area contributed by atoms with Crippen LogP contribution >= 0.6 is 0 Å². The number of carbonyl (C=O) groups is 3. The van der Waals surface area contributed by atoms with Crippen molar-refractivity contribution in [3.05, 3.63) is 54.1 Å². The predicted molar refractivity (Wildman–Crippen MR) is 86.5 cm³/mol. The number of carbonyl (C=O) groups excluding carboxylic acids is 3. The molecule has 0 aromatic heterocycles. The van der Waals surface area contributed by atoms with E-state index >= 15 is 0 Å². The minimum absolute atomic E-state index is 0.0322. The molecule has 0 unspecified atom stereocenters. The summed E-state index contributed by atoms with van der Waals surface area (Å²) < 4.78 is 0. The molecule has 24 heavy (non-hydrogen) atoms. The van der Waals surface area contributed by atoms with E-state index in [0.29, 0.717) is 11.4 Å². The summed E-state index contributed by atoms with van der Waals surface area (Å²) in [6.45, 7) is 0. The van der Waals surface area contributed by atoms with Gasteiger partial charge in [0.15, 0.2) is 0 Å². The highest BCUT2D eigenvalue weighted by molar-refractivity contribution is 6.06. The maximum atomic E-state index is 12.1. The van der Waals surface area contributed by atoms with Crippen molar-refractivity contribution in [1.82, 2.24) is 0 Å². The highest BCUT2D eigenvalue weighted by Crippen LogP contribution is 2.26. The van der Waals surface area contributed by atoms with E-state index in [0.717, 1.165) is 5.69 Å². The number of fused-ring (bicyclic) bond motifs is 1. The molecule has 0 bridgehead atoms. The third-order valence-corrected chi connectivity index (χ3v) is 3.60. The fourth-order valence-corrected chi connectivity index (χ4v) is 2.46. The summed E-state index contributed by atoms with van der Waals surface area (Å²) in [5, 5.41) is 19.2. The molecular formula is C17H14N3O4-. The smallest absolute Gasteiger partial charge is 0.247 e. The van der Waals surface area contributed by atoms with E-state index in [1.807, 2.05) is 12.1 Å². The first-order chi connectivity index (χ1) is 11.5. The van der Waals surface area contributed by atoms with Gasteiger partial charge in [-0.1, -0.05) is 24.3 Å². The van der Waals surface area contributed by atoms with Crippen LogP contribution in [0.2, 0.25) is 0 Å². The zero-order valence-corrected chi connectivity index (χ0v) is 12.5. The Bertz CT molecular complexity index is 819. The molecular weight excluding hydrogens is 310 g/mol. The van der Waals surface area contributed by atoms with Gasteiger partial charge in [0.2, 0.25) is 11.8 Å². The molecule has 0 radical (unpaired) electrons. The van der Waals surface area contributed by atoms with Gasteiger partial charge < -0.3 is 25.9 Å². The normalized spacial score (nSPS) is 15.7. The summed E-state index contributed by atoms with van der Waals surface area (Å²) in [6.07, 6.45) is -0.0876. The quantitative estimate of drug-likeness (QED) is 0.771. The number of nitrogens with one attached hydrogen (secondary N) is 3. The molecule has 122 valence electrons. The molecule has 2 amide bonds. The van der Waals surface area contributed by atoms with Gasteiger partial charge in [0, 0.05) is 5.69 Å². The number of benzene rings is 2. The Morgan fingerprint density at radius 3 is 2.58 bits per heavy atom. The summed E-state index contributed by atoms with van der Waals surface area (Å²) in [5.41, 5.74) is 1.71. The molecule has 1 aliphatic heterocycles. The van der Waals surface area contributed by atoms with E-state index in [4.69, 9.17) is 0 Å². The second-order valence-corrected chi connectivity index (χ2v) is 5.35. The number of hydrogen-bond acceptors (Lipinski definition) is 5. The highest BCUT2D eigenvalue weighted by atomic mass is 16.4. The van der Waals surface area contributed by atoms with E-state index in [1.54, 1.807) is 18.2 Å². The zero-order valence-electron chi connectivity index (χ0n) is 12.5. The molecule has 2 aromatic carbocycles. The maximum Gasteiger partial charge on any atom is 0.247 e. The minimum atomic E-state index is -1.32. The molecule has 3 rings (SSSR count). The van der Waals surface area contributed by atoms with Crippen molar-refractivity contribution in [3.63, 3.8) is 0 Å². The third kappa shape index (κ3) is 3.35. The molecule has 3 N–H and O–H groups in total. The topological polar surface area (TPSA) is 110 Å². The van der Waals surface area contributed by atoms with E-state index in [1.165, 1.54) is 18.2 Å². The molecule has 2 aromatic rings. The van der Waals surface area contributed by atoms with Gasteiger partial charge in [-0.05, 0) is 29.8 Å². The lowest BCUT2D eigenvalue weighted by molar-refractivity contribution is -0.255. The van der Waals surface area contributed by atoms with Gasteiger partial charge in [0.25, 0.3) is 0 Å². The lowest BCUT2D eigenvalue weighted by Crippen LogP contribution is -2.41. The number of para-hydroxylation sites is 2. The number of anilines is 3. The third-order valence-electron chi connectivity index (χ3n) is 3.60. The first-order valence-corrected chi connectivity index (χ1v) is 7.30. The van der Waals surface area contributed by atoms with Crippen molar-refractivity contribution >= 4 is 34.8 Å². The molecule has 7 heteroatoms. The molecule has 1 atom stereocenters. The lowest BCUT2D eigenvalue weighted by Gasteiger charge is -2.26. The van der Waals surface area contributed by atoms with Crippen molar-refractivity contribution in [2.45, 2.75) is 12.5 Å². The van der Waals surface area contributed by atoms with E-state index in [2.05, 4.69) is 16.0 Å². The maximum absolute atomic E-state index is 12.1. The minimum Gasteiger partial charge on any atom is -0.545 e. The van der Waals surface area contributed by atoms with Crippen LogP contribution in [-0.2, 0) is 9.59 Å². The Hall–Kier alpha value is -3.35. The molecule has 7 nitrogen and oxygen atoms in total. The molecule has 0 spiro atoms. The first kappa shape index (κ1) is 15.5. The Morgan fingerprint density at radius 1 is 1.08 bits per heavy atom. The van der Waals surface area contributed by atoms with Crippen LogP contribution in [0.25, 0.3) is 0 Å². The van der Waals surface area contributed by atoms with Gasteiger partial charge in [-0.2, -0.15) is 0 Å². The Labute approximate surface area is 137 Å². The molecule has 0 saturated heterocycles. The van der Waals surface area contributed by atoms with Crippen LogP contribution < -0.4 is 21.1 Å². The fraction of sp³-hybridized carbons (Fsp3) is 0.118. The van der Waals surface area contributed by atoms with Gasteiger partial charge in [-0.3, -0.25) is 9.59 Å². The Balaban J connectivity index is 1.66. The summed E-state index contributed by atoms with van der Waals surface area (Å²) in [7, 11) is 0. The van der Waals surface area contributed by atoms with E-state index < -0.39 is 17.9 Å². The summed E-state index contributed by atoms with van der Waals surface area (Å²) in [5.74, 6) is -2.03.